The number of methoxy groups -OCH3 is 1. The Balaban J connectivity index is 1.38. The minimum atomic E-state index is -0.775. The third-order valence-corrected chi connectivity index (χ3v) is 6.35. The predicted octanol–water partition coefficient (Wildman–Crippen LogP) is 0.898. The summed E-state index contributed by atoms with van der Waals surface area (Å²) in [7, 11) is 3.75. The number of carbonyl (C=O) groups excluding carboxylic acids is 2. The molecule has 2 heterocycles. The van der Waals surface area contributed by atoms with Crippen molar-refractivity contribution < 1.29 is 14.3 Å². The van der Waals surface area contributed by atoms with Crippen LogP contribution in [0.3, 0.4) is 0 Å². The summed E-state index contributed by atoms with van der Waals surface area (Å²) in [6.07, 6.45) is 1.40. The van der Waals surface area contributed by atoms with E-state index in [0.29, 0.717) is 25.9 Å². The van der Waals surface area contributed by atoms with Crippen LogP contribution < -0.4 is 9.64 Å². The zero-order chi connectivity index (χ0) is 19.7. The van der Waals surface area contributed by atoms with E-state index in [9.17, 15) is 9.59 Å². The number of amides is 2. The van der Waals surface area contributed by atoms with E-state index in [-0.39, 0.29) is 11.8 Å². The fourth-order valence-corrected chi connectivity index (χ4v) is 4.30. The van der Waals surface area contributed by atoms with Gasteiger partial charge < -0.3 is 24.3 Å². The highest BCUT2D eigenvalue weighted by atomic mass is 16.5. The highest BCUT2D eigenvalue weighted by Gasteiger charge is 2.59. The van der Waals surface area contributed by atoms with E-state index in [0.717, 1.165) is 50.7 Å². The Morgan fingerprint density at radius 1 is 0.857 bits per heavy atom. The maximum Gasteiger partial charge on any atom is 0.238 e. The van der Waals surface area contributed by atoms with Gasteiger partial charge in [0.05, 0.1) is 12.8 Å². The molecule has 0 atom stereocenters. The second-order valence-corrected chi connectivity index (χ2v) is 8.13. The van der Waals surface area contributed by atoms with Gasteiger partial charge in [-0.15, -0.1) is 0 Å². The summed E-state index contributed by atoms with van der Waals surface area (Å²) in [5.74, 6) is 0.944. The van der Waals surface area contributed by atoms with Crippen LogP contribution >= 0.6 is 0 Å². The molecule has 1 aromatic carbocycles. The molecule has 0 N–H and O–H groups in total. The van der Waals surface area contributed by atoms with Gasteiger partial charge in [0, 0.05) is 52.4 Å². The van der Waals surface area contributed by atoms with E-state index < -0.39 is 5.41 Å². The average molecular weight is 386 g/mol. The number of hydrogen-bond donors (Lipinski definition) is 0. The summed E-state index contributed by atoms with van der Waals surface area (Å²) in [6, 6.07) is 7.97. The fraction of sp³-hybridized carbons (Fsp3) is 0.619. The molecule has 28 heavy (non-hydrogen) atoms. The standard InChI is InChI=1S/C21H30N4O3/c1-22-9-11-24(12-10-22)19(26)21(7-8-21)20(27)25-15-13-23(14-16-25)17-5-3-4-6-18(17)28-2/h3-6H,7-16H2,1-2H3. The van der Waals surface area contributed by atoms with Crippen molar-refractivity contribution in [2.75, 3.05) is 71.4 Å². The summed E-state index contributed by atoms with van der Waals surface area (Å²) in [6.45, 7) is 6.03. The predicted molar refractivity (Wildman–Crippen MR) is 108 cm³/mol. The number of likely N-dealkylation sites (N-methyl/N-ethyl adjacent to an activating group) is 1. The third-order valence-electron chi connectivity index (χ3n) is 6.35. The van der Waals surface area contributed by atoms with Crippen molar-refractivity contribution in [3.05, 3.63) is 24.3 Å². The molecular weight excluding hydrogens is 356 g/mol. The minimum Gasteiger partial charge on any atom is -0.495 e. The molecule has 4 rings (SSSR count). The monoisotopic (exact) mass is 386 g/mol. The number of carbonyl (C=O) groups is 2. The molecule has 1 aliphatic carbocycles. The van der Waals surface area contributed by atoms with E-state index in [4.69, 9.17) is 4.74 Å². The highest BCUT2D eigenvalue weighted by molar-refractivity contribution is 6.08. The molecule has 1 saturated carbocycles. The van der Waals surface area contributed by atoms with Gasteiger partial charge in [-0.2, -0.15) is 0 Å². The lowest BCUT2D eigenvalue weighted by Crippen LogP contribution is -2.56. The zero-order valence-corrected chi connectivity index (χ0v) is 16.9. The number of benzene rings is 1. The van der Waals surface area contributed by atoms with E-state index >= 15 is 0 Å². The lowest BCUT2D eigenvalue weighted by molar-refractivity contribution is -0.150. The first kappa shape index (κ1) is 19.1. The van der Waals surface area contributed by atoms with Crippen molar-refractivity contribution in [3.8, 4) is 5.75 Å². The summed E-state index contributed by atoms with van der Waals surface area (Å²) >= 11 is 0. The molecule has 0 bridgehead atoms. The molecule has 3 aliphatic rings. The van der Waals surface area contributed by atoms with Gasteiger partial charge in [0.2, 0.25) is 11.8 Å². The van der Waals surface area contributed by atoms with Crippen LogP contribution in [0.25, 0.3) is 0 Å². The van der Waals surface area contributed by atoms with Gasteiger partial charge in [0.25, 0.3) is 0 Å². The summed E-state index contributed by atoms with van der Waals surface area (Å²) in [4.78, 5) is 34.6. The Morgan fingerprint density at radius 3 is 1.93 bits per heavy atom. The molecule has 0 radical (unpaired) electrons. The lowest BCUT2D eigenvalue weighted by atomic mass is 10.0. The summed E-state index contributed by atoms with van der Waals surface area (Å²) in [5, 5.41) is 0. The molecular formula is C21H30N4O3. The minimum absolute atomic E-state index is 0.0381. The Kier molecular flexibility index (Phi) is 5.19. The lowest BCUT2D eigenvalue weighted by Gasteiger charge is -2.39. The van der Waals surface area contributed by atoms with Crippen LogP contribution in [0.4, 0.5) is 5.69 Å². The van der Waals surface area contributed by atoms with Crippen molar-refractivity contribution in [1.29, 1.82) is 0 Å². The molecule has 3 fully saturated rings. The number of ether oxygens (including phenoxy) is 1. The molecule has 1 aromatic rings. The van der Waals surface area contributed by atoms with Gasteiger partial charge in [-0.05, 0) is 32.0 Å². The second-order valence-electron chi connectivity index (χ2n) is 8.13. The molecule has 152 valence electrons. The van der Waals surface area contributed by atoms with Gasteiger partial charge in [-0.25, -0.2) is 0 Å². The molecule has 2 saturated heterocycles. The number of piperazine rings is 2. The average Bonchev–Trinajstić information content (AvgIpc) is 3.55. The van der Waals surface area contributed by atoms with Crippen LogP contribution in [0, 0.1) is 5.41 Å². The van der Waals surface area contributed by atoms with Gasteiger partial charge in [0.1, 0.15) is 11.2 Å². The molecule has 0 aromatic heterocycles. The first-order valence-electron chi connectivity index (χ1n) is 10.2. The van der Waals surface area contributed by atoms with E-state index in [2.05, 4.69) is 22.9 Å². The zero-order valence-electron chi connectivity index (χ0n) is 16.9. The smallest absolute Gasteiger partial charge is 0.238 e. The Morgan fingerprint density at radius 2 is 1.39 bits per heavy atom. The number of rotatable bonds is 4. The Bertz CT molecular complexity index is 733. The first-order chi connectivity index (χ1) is 13.5. The van der Waals surface area contributed by atoms with Crippen molar-refractivity contribution in [3.63, 3.8) is 0 Å². The van der Waals surface area contributed by atoms with Crippen LogP contribution in [0.15, 0.2) is 24.3 Å². The van der Waals surface area contributed by atoms with Crippen LogP contribution in [0.1, 0.15) is 12.8 Å². The maximum absolute atomic E-state index is 13.2. The maximum atomic E-state index is 13.2. The molecule has 7 heteroatoms. The second kappa shape index (κ2) is 7.62. The number of nitrogens with zero attached hydrogens (tertiary/aromatic N) is 4. The molecule has 7 nitrogen and oxygen atoms in total. The van der Waals surface area contributed by atoms with E-state index in [1.54, 1.807) is 7.11 Å². The quantitative estimate of drug-likeness (QED) is 0.720. The van der Waals surface area contributed by atoms with Gasteiger partial charge in [-0.3, -0.25) is 9.59 Å². The largest absolute Gasteiger partial charge is 0.495 e. The molecule has 2 amide bonds. The number of hydrogen-bond acceptors (Lipinski definition) is 5. The van der Waals surface area contributed by atoms with Crippen LogP contribution in [-0.2, 0) is 9.59 Å². The van der Waals surface area contributed by atoms with Gasteiger partial charge >= 0.3 is 0 Å². The molecule has 0 unspecified atom stereocenters. The number of para-hydroxylation sites is 2. The normalized spacial score (nSPS) is 22.1. The highest BCUT2D eigenvalue weighted by Crippen LogP contribution is 2.49. The van der Waals surface area contributed by atoms with Crippen molar-refractivity contribution >= 4 is 17.5 Å². The van der Waals surface area contributed by atoms with Crippen molar-refractivity contribution in [2.24, 2.45) is 5.41 Å². The van der Waals surface area contributed by atoms with Crippen molar-refractivity contribution in [1.82, 2.24) is 14.7 Å². The molecule has 0 spiro atoms. The SMILES string of the molecule is COc1ccccc1N1CCN(C(=O)C2(C(=O)N3CCN(C)CC3)CC2)CC1. The Hall–Kier alpha value is -2.28. The van der Waals surface area contributed by atoms with Gasteiger partial charge in [0.15, 0.2) is 0 Å². The van der Waals surface area contributed by atoms with Crippen LogP contribution in [0.5, 0.6) is 5.75 Å². The van der Waals surface area contributed by atoms with Gasteiger partial charge in [-0.1, -0.05) is 12.1 Å². The summed E-state index contributed by atoms with van der Waals surface area (Å²) < 4.78 is 5.47. The summed E-state index contributed by atoms with van der Waals surface area (Å²) in [5.41, 5.74) is 0.287. The van der Waals surface area contributed by atoms with E-state index in [1.807, 2.05) is 28.0 Å². The van der Waals surface area contributed by atoms with Crippen molar-refractivity contribution in [2.45, 2.75) is 12.8 Å². The first-order valence-corrected chi connectivity index (χ1v) is 10.2. The molecule has 2 aliphatic heterocycles. The van der Waals surface area contributed by atoms with Crippen LogP contribution in [-0.4, -0.2) is 93.0 Å². The topological polar surface area (TPSA) is 56.3 Å². The third kappa shape index (κ3) is 3.43. The van der Waals surface area contributed by atoms with E-state index in [1.165, 1.54) is 0 Å². The fourth-order valence-electron chi connectivity index (χ4n) is 4.30. The Labute approximate surface area is 166 Å². The van der Waals surface area contributed by atoms with Crippen LogP contribution in [0.2, 0.25) is 0 Å². The number of anilines is 1.